The molecule has 0 saturated carbocycles. The van der Waals surface area contributed by atoms with Crippen molar-refractivity contribution in [2.75, 3.05) is 31.8 Å². The number of hydrogen-bond donors (Lipinski definition) is 1. The molecule has 128 valence electrons. The van der Waals surface area contributed by atoms with Crippen molar-refractivity contribution >= 4 is 11.6 Å². The van der Waals surface area contributed by atoms with Crippen molar-refractivity contribution in [1.29, 1.82) is 0 Å². The van der Waals surface area contributed by atoms with E-state index in [2.05, 4.69) is 4.98 Å². The molecule has 1 aliphatic rings. The summed E-state index contributed by atoms with van der Waals surface area (Å²) in [6.07, 6.45) is 0. The molecule has 24 heavy (non-hydrogen) atoms. The second kappa shape index (κ2) is 6.62. The van der Waals surface area contributed by atoms with E-state index in [1.807, 2.05) is 41.0 Å². The summed E-state index contributed by atoms with van der Waals surface area (Å²) in [5, 5.41) is 9.28. The predicted octanol–water partition coefficient (Wildman–Crippen LogP) is 1.23. The normalized spacial score (nSPS) is 14.6. The number of hydrogen-bond acceptors (Lipinski definition) is 6. The van der Waals surface area contributed by atoms with E-state index in [4.69, 9.17) is 4.74 Å². The third-order valence-electron chi connectivity index (χ3n) is 4.34. The topological polar surface area (TPSA) is 70.8 Å². The zero-order valence-electron chi connectivity index (χ0n) is 14.2. The molecule has 1 N–H and O–H groups in total. The van der Waals surface area contributed by atoms with Crippen LogP contribution in [0, 0.1) is 13.8 Å². The van der Waals surface area contributed by atoms with Crippen LogP contribution in [-0.2, 0) is 6.67 Å². The second-order valence-corrected chi connectivity index (χ2v) is 5.88. The zero-order chi connectivity index (χ0) is 17.3. The van der Waals surface area contributed by atoms with E-state index < -0.39 is 0 Å². The molecular formula is C17H22N4O3. The summed E-state index contributed by atoms with van der Waals surface area (Å²) in [6.45, 7) is 5.16. The number of benzene rings is 1. The maximum atomic E-state index is 12.6. The van der Waals surface area contributed by atoms with Gasteiger partial charge in [-0.3, -0.25) is 19.2 Å². The van der Waals surface area contributed by atoms with E-state index in [0.717, 1.165) is 17.1 Å². The van der Waals surface area contributed by atoms with Crippen LogP contribution in [0.2, 0.25) is 0 Å². The molecule has 1 aromatic heterocycles. The minimum Gasteiger partial charge on any atom is -0.497 e. The summed E-state index contributed by atoms with van der Waals surface area (Å²) in [5.74, 6) is 1.40. The first-order chi connectivity index (χ1) is 11.5. The number of aryl methyl sites for hydroxylation is 1. The molecule has 1 aromatic carbocycles. The number of aliphatic hydroxyl groups excluding tert-OH is 1. The van der Waals surface area contributed by atoms with E-state index in [1.165, 1.54) is 0 Å². The Kier molecular flexibility index (Phi) is 4.55. The third-order valence-corrected chi connectivity index (χ3v) is 4.34. The Morgan fingerprint density at radius 1 is 1.21 bits per heavy atom. The molecule has 7 nitrogen and oxygen atoms in total. The van der Waals surface area contributed by atoms with Crippen LogP contribution in [0.4, 0.5) is 11.6 Å². The summed E-state index contributed by atoms with van der Waals surface area (Å²) >= 11 is 0. The van der Waals surface area contributed by atoms with E-state index in [-0.39, 0.29) is 12.2 Å². The first-order valence-corrected chi connectivity index (χ1v) is 7.88. The van der Waals surface area contributed by atoms with Crippen molar-refractivity contribution in [3.63, 3.8) is 0 Å². The maximum absolute atomic E-state index is 12.6. The molecule has 0 atom stereocenters. The highest BCUT2D eigenvalue weighted by Gasteiger charge is 2.26. The minimum atomic E-state index is -0.0429. The van der Waals surface area contributed by atoms with Gasteiger partial charge >= 0.3 is 0 Å². The van der Waals surface area contributed by atoms with Gasteiger partial charge < -0.3 is 9.84 Å². The van der Waals surface area contributed by atoms with Crippen molar-refractivity contribution in [3.05, 3.63) is 45.9 Å². The fourth-order valence-electron chi connectivity index (χ4n) is 2.83. The van der Waals surface area contributed by atoms with Gasteiger partial charge in [-0.25, -0.2) is 4.98 Å². The van der Waals surface area contributed by atoms with Crippen molar-refractivity contribution in [2.24, 2.45) is 0 Å². The van der Waals surface area contributed by atoms with Gasteiger partial charge in [0.2, 0.25) is 5.95 Å². The summed E-state index contributed by atoms with van der Waals surface area (Å²) in [5.41, 5.74) is 2.26. The van der Waals surface area contributed by atoms with Gasteiger partial charge in [-0.15, -0.1) is 0 Å². The van der Waals surface area contributed by atoms with Gasteiger partial charge in [0.05, 0.1) is 27.1 Å². The highest BCUT2D eigenvalue weighted by atomic mass is 16.5. The minimum absolute atomic E-state index is 0.0405. The average molecular weight is 330 g/mol. The Balaban J connectivity index is 2.10. The molecule has 0 amide bonds. The SMILES string of the molecule is COc1ccc(N2CN(CCO)Cn3c2nc(C)c(C)c3=O)cc1. The summed E-state index contributed by atoms with van der Waals surface area (Å²) < 4.78 is 6.87. The van der Waals surface area contributed by atoms with E-state index >= 15 is 0 Å². The van der Waals surface area contributed by atoms with Gasteiger partial charge in [0.15, 0.2) is 0 Å². The van der Waals surface area contributed by atoms with Crippen LogP contribution in [0.25, 0.3) is 0 Å². The van der Waals surface area contributed by atoms with Crippen molar-refractivity contribution in [1.82, 2.24) is 14.5 Å². The van der Waals surface area contributed by atoms with Crippen LogP contribution < -0.4 is 15.2 Å². The van der Waals surface area contributed by atoms with Gasteiger partial charge in [-0.1, -0.05) is 0 Å². The van der Waals surface area contributed by atoms with Gasteiger partial charge in [-0.05, 0) is 38.1 Å². The Morgan fingerprint density at radius 3 is 2.54 bits per heavy atom. The number of anilines is 2. The Bertz CT molecular complexity index is 786. The number of rotatable bonds is 4. The number of fused-ring (bicyclic) bond motifs is 1. The van der Waals surface area contributed by atoms with Gasteiger partial charge in [0.25, 0.3) is 5.56 Å². The molecule has 0 bridgehead atoms. The molecule has 0 spiro atoms. The van der Waals surface area contributed by atoms with Gasteiger partial charge in [0, 0.05) is 23.5 Å². The van der Waals surface area contributed by atoms with Crippen LogP contribution in [0.5, 0.6) is 5.75 Å². The first-order valence-electron chi connectivity index (χ1n) is 7.88. The zero-order valence-corrected chi connectivity index (χ0v) is 14.2. The number of aliphatic hydroxyl groups is 1. The lowest BCUT2D eigenvalue weighted by Crippen LogP contribution is -2.48. The third kappa shape index (κ3) is 2.88. The molecule has 0 saturated heterocycles. The number of ether oxygens (including phenoxy) is 1. The predicted molar refractivity (Wildman–Crippen MR) is 91.8 cm³/mol. The number of aromatic nitrogens is 2. The fraction of sp³-hybridized carbons (Fsp3) is 0.412. The summed E-state index contributed by atoms with van der Waals surface area (Å²) in [6, 6.07) is 7.63. The van der Waals surface area contributed by atoms with Crippen LogP contribution in [0.15, 0.2) is 29.1 Å². The highest BCUT2D eigenvalue weighted by molar-refractivity contribution is 5.59. The fourth-order valence-corrected chi connectivity index (χ4v) is 2.83. The molecule has 7 heteroatoms. The van der Waals surface area contributed by atoms with Crippen LogP contribution in [-0.4, -0.2) is 46.5 Å². The monoisotopic (exact) mass is 330 g/mol. The van der Waals surface area contributed by atoms with Crippen LogP contribution in [0.3, 0.4) is 0 Å². The van der Waals surface area contributed by atoms with E-state index in [9.17, 15) is 9.90 Å². The lowest BCUT2D eigenvalue weighted by Gasteiger charge is -2.38. The summed E-state index contributed by atoms with van der Waals surface area (Å²) in [7, 11) is 1.63. The Morgan fingerprint density at radius 2 is 1.92 bits per heavy atom. The molecule has 0 unspecified atom stereocenters. The molecule has 0 aliphatic carbocycles. The lowest BCUT2D eigenvalue weighted by molar-refractivity contribution is 0.152. The first kappa shape index (κ1) is 16.5. The number of nitrogens with zero attached hydrogens (tertiary/aromatic N) is 4. The van der Waals surface area contributed by atoms with E-state index in [0.29, 0.717) is 31.4 Å². The molecule has 0 fully saturated rings. The van der Waals surface area contributed by atoms with E-state index in [1.54, 1.807) is 18.6 Å². The molecule has 2 heterocycles. The summed E-state index contributed by atoms with van der Waals surface area (Å²) in [4.78, 5) is 21.3. The highest BCUT2D eigenvalue weighted by Crippen LogP contribution is 2.28. The lowest BCUT2D eigenvalue weighted by atomic mass is 10.2. The second-order valence-electron chi connectivity index (χ2n) is 5.88. The number of methoxy groups -OCH3 is 1. The largest absolute Gasteiger partial charge is 0.497 e. The van der Waals surface area contributed by atoms with Gasteiger partial charge in [0.1, 0.15) is 5.75 Å². The molecule has 2 aromatic rings. The molecule has 0 radical (unpaired) electrons. The smallest absolute Gasteiger partial charge is 0.259 e. The van der Waals surface area contributed by atoms with Crippen LogP contribution >= 0.6 is 0 Å². The number of β-amino-alcohol motifs (C(OH)–C–C–N with tert-alkyl or cyclic N) is 1. The Hall–Kier alpha value is -2.38. The average Bonchev–Trinajstić information content (AvgIpc) is 2.60. The molecule has 1 aliphatic heterocycles. The molecular weight excluding hydrogens is 308 g/mol. The maximum Gasteiger partial charge on any atom is 0.259 e. The van der Waals surface area contributed by atoms with Crippen molar-refractivity contribution < 1.29 is 9.84 Å². The van der Waals surface area contributed by atoms with Crippen molar-refractivity contribution in [3.8, 4) is 5.75 Å². The van der Waals surface area contributed by atoms with Crippen LogP contribution in [0.1, 0.15) is 11.3 Å². The van der Waals surface area contributed by atoms with Crippen molar-refractivity contribution in [2.45, 2.75) is 20.5 Å². The Labute approximate surface area is 140 Å². The quantitative estimate of drug-likeness (QED) is 0.909. The standard InChI is InChI=1S/C17H22N4O3/c1-12-13(2)18-17-20(14-4-6-15(24-3)7-5-14)10-19(8-9-22)11-21(17)16(12)23/h4-7,22H,8-11H2,1-3H3. The molecule has 3 rings (SSSR count). The van der Waals surface area contributed by atoms with Gasteiger partial charge in [-0.2, -0.15) is 0 Å².